The maximum absolute atomic E-state index is 11.7. The van der Waals surface area contributed by atoms with Crippen molar-refractivity contribution >= 4 is 5.91 Å². The highest BCUT2D eigenvalue weighted by Gasteiger charge is 2.14. The molecule has 2 heterocycles. The number of aromatic nitrogens is 1. The fourth-order valence-electron chi connectivity index (χ4n) is 2.35. The number of carbonyl (C=O) groups is 1. The average Bonchev–Trinajstić information content (AvgIpc) is 2.92. The third kappa shape index (κ3) is 5.39. The van der Waals surface area contributed by atoms with Crippen molar-refractivity contribution in [3.8, 4) is 0 Å². The number of hydrogen-bond acceptors (Lipinski definition) is 3. The Morgan fingerprint density at radius 2 is 2.21 bits per heavy atom. The number of ether oxygens (including phenoxy) is 1. The van der Waals surface area contributed by atoms with Crippen LogP contribution in [-0.4, -0.2) is 30.1 Å². The summed E-state index contributed by atoms with van der Waals surface area (Å²) in [5.41, 5.74) is 1.01. The van der Waals surface area contributed by atoms with Gasteiger partial charge in [0.2, 0.25) is 5.91 Å². The Kier molecular flexibility index (Phi) is 5.82. The molecule has 1 aromatic rings. The van der Waals surface area contributed by atoms with Gasteiger partial charge in [-0.25, -0.2) is 0 Å². The van der Waals surface area contributed by atoms with E-state index in [1.807, 2.05) is 12.1 Å². The monoisotopic (exact) mass is 262 g/mol. The summed E-state index contributed by atoms with van der Waals surface area (Å²) in [5.74, 6) is 0.0864. The zero-order valence-corrected chi connectivity index (χ0v) is 11.3. The fraction of sp³-hybridized carbons (Fsp3) is 0.600. The van der Waals surface area contributed by atoms with Crippen molar-refractivity contribution in [2.24, 2.45) is 0 Å². The van der Waals surface area contributed by atoms with Gasteiger partial charge in [-0.3, -0.25) is 9.78 Å². The van der Waals surface area contributed by atoms with Gasteiger partial charge in [-0.15, -0.1) is 0 Å². The molecule has 1 N–H and O–H groups in total. The van der Waals surface area contributed by atoms with Crippen molar-refractivity contribution in [2.75, 3.05) is 13.2 Å². The van der Waals surface area contributed by atoms with Crippen LogP contribution in [0.4, 0.5) is 0 Å². The standard InChI is InChI=1S/C15H22N2O2/c18-15(12-13-6-9-16-10-7-13)17-8-2-1-4-14-5-3-11-19-14/h6-7,9-10,14H,1-5,8,11-12H2,(H,17,18). The van der Waals surface area contributed by atoms with Crippen molar-refractivity contribution in [3.63, 3.8) is 0 Å². The Morgan fingerprint density at radius 1 is 1.37 bits per heavy atom. The first-order valence-corrected chi connectivity index (χ1v) is 7.12. The van der Waals surface area contributed by atoms with Gasteiger partial charge in [0.15, 0.2) is 0 Å². The van der Waals surface area contributed by atoms with E-state index in [1.165, 1.54) is 12.8 Å². The van der Waals surface area contributed by atoms with E-state index in [1.54, 1.807) is 12.4 Å². The van der Waals surface area contributed by atoms with Gasteiger partial charge in [-0.05, 0) is 49.8 Å². The van der Waals surface area contributed by atoms with Crippen molar-refractivity contribution in [1.82, 2.24) is 10.3 Å². The Labute approximate surface area is 114 Å². The lowest BCUT2D eigenvalue weighted by Gasteiger charge is -2.09. The molecule has 4 heteroatoms. The number of amides is 1. The molecular weight excluding hydrogens is 240 g/mol. The van der Waals surface area contributed by atoms with Crippen molar-refractivity contribution < 1.29 is 9.53 Å². The summed E-state index contributed by atoms with van der Waals surface area (Å²) >= 11 is 0. The highest BCUT2D eigenvalue weighted by Crippen LogP contribution is 2.17. The molecule has 2 rings (SSSR count). The van der Waals surface area contributed by atoms with Gasteiger partial charge < -0.3 is 10.1 Å². The zero-order valence-electron chi connectivity index (χ0n) is 11.3. The Bertz CT molecular complexity index is 375. The quantitative estimate of drug-likeness (QED) is 0.765. The van der Waals surface area contributed by atoms with E-state index in [0.29, 0.717) is 12.5 Å². The molecule has 1 unspecified atom stereocenters. The van der Waals surface area contributed by atoms with Gasteiger partial charge in [0.1, 0.15) is 0 Å². The lowest BCUT2D eigenvalue weighted by Crippen LogP contribution is -2.26. The normalized spacial score (nSPS) is 18.4. The molecule has 0 radical (unpaired) electrons. The molecule has 1 amide bonds. The number of carbonyl (C=O) groups excluding carboxylic acids is 1. The van der Waals surface area contributed by atoms with Crippen molar-refractivity contribution in [2.45, 2.75) is 44.6 Å². The number of nitrogens with one attached hydrogen (secondary N) is 1. The average molecular weight is 262 g/mol. The molecule has 1 atom stereocenters. The number of unbranched alkanes of at least 4 members (excludes halogenated alkanes) is 1. The topological polar surface area (TPSA) is 51.2 Å². The summed E-state index contributed by atoms with van der Waals surface area (Å²) in [6, 6.07) is 3.74. The van der Waals surface area contributed by atoms with Gasteiger partial charge in [-0.2, -0.15) is 0 Å². The Morgan fingerprint density at radius 3 is 2.95 bits per heavy atom. The van der Waals surface area contributed by atoms with Crippen LogP contribution in [0.15, 0.2) is 24.5 Å². The molecule has 0 aliphatic carbocycles. The van der Waals surface area contributed by atoms with E-state index < -0.39 is 0 Å². The molecule has 0 aromatic carbocycles. The van der Waals surface area contributed by atoms with Crippen molar-refractivity contribution in [1.29, 1.82) is 0 Å². The maximum Gasteiger partial charge on any atom is 0.224 e. The molecule has 0 saturated carbocycles. The second kappa shape index (κ2) is 7.89. The summed E-state index contributed by atoms with van der Waals surface area (Å²) in [6.07, 6.45) is 10.0. The summed E-state index contributed by atoms with van der Waals surface area (Å²) < 4.78 is 5.57. The molecule has 104 valence electrons. The second-order valence-corrected chi connectivity index (χ2v) is 5.01. The largest absolute Gasteiger partial charge is 0.378 e. The first-order chi connectivity index (χ1) is 9.34. The minimum absolute atomic E-state index is 0.0864. The van der Waals surface area contributed by atoms with Crippen LogP contribution in [0.1, 0.15) is 37.7 Å². The first-order valence-electron chi connectivity index (χ1n) is 7.12. The van der Waals surface area contributed by atoms with E-state index in [4.69, 9.17) is 4.74 Å². The summed E-state index contributed by atoms with van der Waals surface area (Å²) in [4.78, 5) is 15.6. The number of hydrogen-bond donors (Lipinski definition) is 1. The maximum atomic E-state index is 11.7. The Hall–Kier alpha value is -1.42. The van der Waals surface area contributed by atoms with Gasteiger partial charge in [0, 0.05) is 25.5 Å². The molecule has 1 aliphatic rings. The number of nitrogens with zero attached hydrogens (tertiary/aromatic N) is 1. The molecule has 1 aromatic heterocycles. The third-order valence-corrected chi connectivity index (χ3v) is 3.41. The van der Waals surface area contributed by atoms with Crippen LogP contribution in [0.3, 0.4) is 0 Å². The molecule has 4 nitrogen and oxygen atoms in total. The second-order valence-electron chi connectivity index (χ2n) is 5.01. The summed E-state index contributed by atoms with van der Waals surface area (Å²) in [6.45, 7) is 1.68. The molecule has 0 spiro atoms. The molecule has 1 saturated heterocycles. The molecule has 1 aliphatic heterocycles. The van der Waals surface area contributed by atoms with Gasteiger partial charge in [0.05, 0.1) is 12.5 Å². The van der Waals surface area contributed by atoms with E-state index in [2.05, 4.69) is 10.3 Å². The Balaban J connectivity index is 1.51. The predicted molar refractivity (Wildman–Crippen MR) is 73.8 cm³/mol. The third-order valence-electron chi connectivity index (χ3n) is 3.41. The predicted octanol–water partition coefficient (Wildman–Crippen LogP) is 2.09. The van der Waals surface area contributed by atoms with E-state index in [-0.39, 0.29) is 5.91 Å². The van der Waals surface area contributed by atoms with Crippen LogP contribution in [0.2, 0.25) is 0 Å². The first kappa shape index (κ1) is 14.0. The van der Waals surface area contributed by atoms with E-state index in [9.17, 15) is 4.79 Å². The van der Waals surface area contributed by atoms with Gasteiger partial charge in [0.25, 0.3) is 0 Å². The molecule has 1 fully saturated rings. The van der Waals surface area contributed by atoms with Crippen LogP contribution in [0.25, 0.3) is 0 Å². The number of rotatable bonds is 7. The van der Waals surface area contributed by atoms with Gasteiger partial charge in [-0.1, -0.05) is 0 Å². The van der Waals surface area contributed by atoms with Crippen LogP contribution >= 0.6 is 0 Å². The lowest BCUT2D eigenvalue weighted by molar-refractivity contribution is -0.120. The van der Waals surface area contributed by atoms with Gasteiger partial charge >= 0.3 is 0 Å². The number of pyridine rings is 1. The minimum Gasteiger partial charge on any atom is -0.378 e. The van der Waals surface area contributed by atoms with Crippen LogP contribution in [0.5, 0.6) is 0 Å². The minimum atomic E-state index is 0.0864. The van der Waals surface area contributed by atoms with Crippen LogP contribution in [-0.2, 0) is 16.0 Å². The smallest absolute Gasteiger partial charge is 0.224 e. The van der Waals surface area contributed by atoms with E-state index >= 15 is 0 Å². The molecule has 0 bridgehead atoms. The van der Waals surface area contributed by atoms with Crippen LogP contribution in [0, 0.1) is 0 Å². The van der Waals surface area contributed by atoms with E-state index in [0.717, 1.165) is 38.0 Å². The zero-order chi connectivity index (χ0) is 13.3. The van der Waals surface area contributed by atoms with Crippen molar-refractivity contribution in [3.05, 3.63) is 30.1 Å². The summed E-state index contributed by atoms with van der Waals surface area (Å²) in [7, 11) is 0. The summed E-state index contributed by atoms with van der Waals surface area (Å²) in [5, 5.41) is 2.96. The SMILES string of the molecule is O=C(Cc1ccncc1)NCCCCC1CCCO1. The fourth-order valence-corrected chi connectivity index (χ4v) is 2.35. The highest BCUT2D eigenvalue weighted by atomic mass is 16.5. The van der Waals surface area contributed by atoms with Crippen LogP contribution < -0.4 is 5.32 Å². The lowest BCUT2D eigenvalue weighted by atomic mass is 10.1. The molecule has 19 heavy (non-hydrogen) atoms. The molecular formula is C15H22N2O2. The highest BCUT2D eigenvalue weighted by molar-refractivity contribution is 5.78.